The molecular weight excluding hydrogens is 267 g/mol. The van der Waals surface area contributed by atoms with E-state index in [0.29, 0.717) is 12.6 Å². The number of benzene rings is 1. The van der Waals surface area contributed by atoms with Crippen molar-refractivity contribution in [3.05, 3.63) is 23.8 Å². The molecule has 0 aliphatic rings. The number of alkyl halides is 3. The molecule has 0 heterocycles. The Bertz CT molecular complexity index is 430. The molecule has 114 valence electrons. The molecule has 0 amide bonds. The average molecular weight is 289 g/mol. The molecule has 0 radical (unpaired) electrons. The van der Waals surface area contributed by atoms with Crippen molar-refractivity contribution in [1.82, 2.24) is 4.90 Å². The van der Waals surface area contributed by atoms with Crippen LogP contribution in [0.25, 0.3) is 0 Å². The zero-order valence-electron chi connectivity index (χ0n) is 12.1. The summed E-state index contributed by atoms with van der Waals surface area (Å²) in [6.07, 6.45) is -3.62. The summed E-state index contributed by atoms with van der Waals surface area (Å²) in [7, 11) is 2.00. The molecule has 1 aromatic carbocycles. The Morgan fingerprint density at radius 3 is 2.50 bits per heavy atom. The molecule has 0 saturated heterocycles. The van der Waals surface area contributed by atoms with Gasteiger partial charge in [0.15, 0.2) is 0 Å². The van der Waals surface area contributed by atoms with Gasteiger partial charge in [-0.3, -0.25) is 0 Å². The molecule has 3 nitrogen and oxygen atoms in total. The lowest BCUT2D eigenvalue weighted by atomic mass is 10.1. The third-order valence-corrected chi connectivity index (χ3v) is 3.23. The van der Waals surface area contributed by atoms with Gasteiger partial charge in [-0.25, -0.2) is 0 Å². The molecule has 6 heteroatoms. The van der Waals surface area contributed by atoms with Crippen molar-refractivity contribution in [3.8, 4) is 0 Å². The van der Waals surface area contributed by atoms with Gasteiger partial charge in [-0.1, -0.05) is 0 Å². The van der Waals surface area contributed by atoms with Crippen molar-refractivity contribution in [2.75, 3.05) is 31.2 Å². The van der Waals surface area contributed by atoms with Crippen LogP contribution < -0.4 is 11.1 Å². The zero-order valence-corrected chi connectivity index (χ0v) is 12.1. The number of halogens is 3. The number of anilines is 2. The summed E-state index contributed by atoms with van der Waals surface area (Å²) in [5.74, 6) is 0. The number of nitrogens with two attached hydrogens (primary N) is 1. The summed E-state index contributed by atoms with van der Waals surface area (Å²) in [5, 5.41) is 2.84. The number of rotatable bonds is 6. The molecule has 0 fully saturated rings. The molecule has 0 bridgehead atoms. The van der Waals surface area contributed by atoms with Crippen LogP contribution in [0.2, 0.25) is 0 Å². The maximum Gasteiger partial charge on any atom is 0.418 e. The fourth-order valence-corrected chi connectivity index (χ4v) is 1.76. The first kappa shape index (κ1) is 16.6. The fraction of sp³-hybridized carbons (Fsp3) is 0.571. The zero-order chi connectivity index (χ0) is 15.3. The van der Waals surface area contributed by atoms with E-state index in [4.69, 9.17) is 5.73 Å². The van der Waals surface area contributed by atoms with Crippen LogP contribution in [0, 0.1) is 0 Å². The second-order valence-electron chi connectivity index (χ2n) is 5.16. The summed E-state index contributed by atoms with van der Waals surface area (Å²) in [4.78, 5) is 2.15. The molecule has 0 spiro atoms. The molecule has 0 aliphatic carbocycles. The molecule has 20 heavy (non-hydrogen) atoms. The Morgan fingerprint density at radius 2 is 1.95 bits per heavy atom. The van der Waals surface area contributed by atoms with E-state index in [0.717, 1.165) is 19.0 Å². The summed E-state index contributed by atoms with van der Waals surface area (Å²) >= 11 is 0. The van der Waals surface area contributed by atoms with Gasteiger partial charge in [0.2, 0.25) is 0 Å². The van der Waals surface area contributed by atoms with Gasteiger partial charge in [0.05, 0.1) is 5.56 Å². The smallest absolute Gasteiger partial charge is 0.399 e. The molecule has 0 aromatic heterocycles. The molecule has 1 rings (SSSR count). The van der Waals surface area contributed by atoms with Crippen LogP contribution in [0.1, 0.15) is 25.8 Å². The average Bonchev–Trinajstić information content (AvgIpc) is 2.34. The Kier molecular flexibility index (Phi) is 5.68. The van der Waals surface area contributed by atoms with Gasteiger partial charge >= 0.3 is 6.18 Å². The van der Waals surface area contributed by atoms with Gasteiger partial charge < -0.3 is 16.0 Å². The van der Waals surface area contributed by atoms with Crippen LogP contribution in [0.15, 0.2) is 18.2 Å². The Labute approximate surface area is 117 Å². The molecular formula is C14H22F3N3. The molecule has 1 aromatic rings. The lowest BCUT2D eigenvalue weighted by Crippen LogP contribution is -2.28. The monoisotopic (exact) mass is 289 g/mol. The van der Waals surface area contributed by atoms with Crippen LogP contribution in [-0.4, -0.2) is 31.1 Å². The van der Waals surface area contributed by atoms with Crippen LogP contribution in [0.3, 0.4) is 0 Å². The fourth-order valence-electron chi connectivity index (χ4n) is 1.76. The SMILES string of the molecule is CC(C)N(C)CCCNc1ccc(N)cc1C(F)(F)F. The minimum absolute atomic E-state index is 0.0823. The van der Waals surface area contributed by atoms with E-state index < -0.39 is 11.7 Å². The minimum atomic E-state index is -4.40. The summed E-state index contributed by atoms with van der Waals surface area (Å²) in [6.45, 7) is 5.48. The Morgan fingerprint density at radius 1 is 1.30 bits per heavy atom. The predicted molar refractivity (Wildman–Crippen MR) is 76.7 cm³/mol. The van der Waals surface area contributed by atoms with E-state index in [-0.39, 0.29) is 11.4 Å². The number of nitrogen functional groups attached to an aromatic ring is 1. The van der Waals surface area contributed by atoms with E-state index in [2.05, 4.69) is 24.1 Å². The van der Waals surface area contributed by atoms with Crippen molar-refractivity contribution in [3.63, 3.8) is 0 Å². The quantitative estimate of drug-likeness (QED) is 0.623. The highest BCUT2D eigenvalue weighted by Gasteiger charge is 2.33. The molecule has 0 unspecified atom stereocenters. The maximum atomic E-state index is 12.9. The lowest BCUT2D eigenvalue weighted by Gasteiger charge is -2.21. The Balaban J connectivity index is 2.60. The van der Waals surface area contributed by atoms with Gasteiger partial charge in [-0.2, -0.15) is 13.2 Å². The topological polar surface area (TPSA) is 41.3 Å². The second kappa shape index (κ2) is 6.83. The first-order chi connectivity index (χ1) is 9.21. The van der Waals surface area contributed by atoms with Gasteiger partial charge in [0.1, 0.15) is 0 Å². The van der Waals surface area contributed by atoms with Crippen molar-refractivity contribution < 1.29 is 13.2 Å². The van der Waals surface area contributed by atoms with E-state index in [1.165, 1.54) is 12.1 Å². The van der Waals surface area contributed by atoms with Gasteiger partial charge in [0.25, 0.3) is 0 Å². The first-order valence-electron chi connectivity index (χ1n) is 6.62. The van der Waals surface area contributed by atoms with Crippen LogP contribution in [0.4, 0.5) is 24.5 Å². The highest BCUT2D eigenvalue weighted by molar-refractivity contribution is 5.59. The van der Waals surface area contributed by atoms with E-state index in [9.17, 15) is 13.2 Å². The highest BCUT2D eigenvalue weighted by atomic mass is 19.4. The van der Waals surface area contributed by atoms with E-state index >= 15 is 0 Å². The number of nitrogens with zero attached hydrogens (tertiary/aromatic N) is 1. The van der Waals surface area contributed by atoms with E-state index in [1.54, 1.807) is 0 Å². The van der Waals surface area contributed by atoms with Gasteiger partial charge in [-0.05, 0) is 52.1 Å². The molecule has 0 aliphatic heterocycles. The van der Waals surface area contributed by atoms with Crippen molar-refractivity contribution in [2.45, 2.75) is 32.5 Å². The van der Waals surface area contributed by atoms with Gasteiger partial charge in [0, 0.05) is 24.0 Å². The Hall–Kier alpha value is -1.43. The lowest BCUT2D eigenvalue weighted by molar-refractivity contribution is -0.136. The van der Waals surface area contributed by atoms with Crippen molar-refractivity contribution in [1.29, 1.82) is 0 Å². The second-order valence-corrected chi connectivity index (χ2v) is 5.16. The van der Waals surface area contributed by atoms with Crippen molar-refractivity contribution in [2.24, 2.45) is 0 Å². The van der Waals surface area contributed by atoms with Crippen LogP contribution >= 0.6 is 0 Å². The van der Waals surface area contributed by atoms with Crippen LogP contribution in [0.5, 0.6) is 0 Å². The third kappa shape index (κ3) is 4.92. The molecule has 3 N–H and O–H groups in total. The van der Waals surface area contributed by atoms with Crippen LogP contribution in [-0.2, 0) is 6.18 Å². The third-order valence-electron chi connectivity index (χ3n) is 3.23. The normalized spacial score (nSPS) is 12.2. The largest absolute Gasteiger partial charge is 0.418 e. The number of hydrogen-bond donors (Lipinski definition) is 2. The minimum Gasteiger partial charge on any atom is -0.399 e. The maximum absolute atomic E-state index is 12.9. The van der Waals surface area contributed by atoms with E-state index in [1.807, 2.05) is 7.05 Å². The summed E-state index contributed by atoms with van der Waals surface area (Å²) in [5.41, 5.74) is 4.90. The molecule has 0 atom stereocenters. The summed E-state index contributed by atoms with van der Waals surface area (Å²) in [6, 6.07) is 4.24. The van der Waals surface area contributed by atoms with Gasteiger partial charge in [-0.15, -0.1) is 0 Å². The predicted octanol–water partition coefficient (Wildman–Crippen LogP) is 3.43. The first-order valence-corrected chi connectivity index (χ1v) is 6.62. The van der Waals surface area contributed by atoms with Crippen molar-refractivity contribution >= 4 is 11.4 Å². The number of nitrogens with one attached hydrogen (secondary N) is 1. The highest BCUT2D eigenvalue weighted by Crippen LogP contribution is 2.35. The number of hydrogen-bond acceptors (Lipinski definition) is 3. The summed E-state index contributed by atoms with van der Waals surface area (Å²) < 4.78 is 38.6. The standard InChI is InChI=1S/C14H22F3N3/c1-10(2)20(3)8-4-7-19-13-6-5-11(18)9-12(13)14(15,16)17/h5-6,9-10,19H,4,7-8,18H2,1-3H3. The molecule has 0 saturated carbocycles.